The van der Waals surface area contributed by atoms with Gasteiger partial charge in [-0.15, -0.1) is 0 Å². The number of carbonyl (C=O) groups is 1. The number of esters is 1. The summed E-state index contributed by atoms with van der Waals surface area (Å²) < 4.78 is 4.74. The molecule has 0 radical (unpaired) electrons. The van der Waals surface area contributed by atoms with Gasteiger partial charge in [0.2, 0.25) is 0 Å². The Balaban J connectivity index is 2.25. The average Bonchev–Trinajstić information content (AvgIpc) is 2.64. The molecular weight excluding hydrogens is 190 g/mol. The van der Waals surface area contributed by atoms with Crippen LogP contribution in [0.3, 0.4) is 0 Å². The van der Waals surface area contributed by atoms with Gasteiger partial charge in [0.05, 0.1) is 7.11 Å². The molecule has 0 bridgehead atoms. The van der Waals surface area contributed by atoms with Gasteiger partial charge in [0.25, 0.3) is 0 Å². The minimum absolute atomic E-state index is 0.120. The lowest BCUT2D eigenvalue weighted by Gasteiger charge is -2.17. The number of methoxy groups -OCH3 is 1. The minimum atomic E-state index is -0.136. The summed E-state index contributed by atoms with van der Waals surface area (Å²) in [5.41, 5.74) is 0. The van der Waals surface area contributed by atoms with E-state index in [0.29, 0.717) is 0 Å². The molecule has 0 amide bonds. The lowest BCUT2D eigenvalue weighted by Crippen LogP contribution is -2.39. The summed E-state index contributed by atoms with van der Waals surface area (Å²) in [4.78, 5) is 11.3. The Bertz CT molecular complexity index is 206. The molecule has 0 aromatic heterocycles. The SMILES string of the molecule is CCC(NCC1CCC(C)C1)C(=O)OC. The van der Waals surface area contributed by atoms with Crippen molar-refractivity contribution < 1.29 is 9.53 Å². The molecule has 15 heavy (non-hydrogen) atoms. The maximum Gasteiger partial charge on any atom is 0.322 e. The fourth-order valence-corrected chi connectivity index (χ4v) is 2.36. The first kappa shape index (κ1) is 12.5. The van der Waals surface area contributed by atoms with Crippen LogP contribution < -0.4 is 5.32 Å². The van der Waals surface area contributed by atoms with E-state index in [2.05, 4.69) is 12.2 Å². The first-order valence-corrected chi connectivity index (χ1v) is 5.98. The molecule has 3 unspecified atom stereocenters. The van der Waals surface area contributed by atoms with E-state index in [9.17, 15) is 4.79 Å². The van der Waals surface area contributed by atoms with E-state index in [1.54, 1.807) is 0 Å². The topological polar surface area (TPSA) is 38.3 Å². The van der Waals surface area contributed by atoms with E-state index >= 15 is 0 Å². The highest BCUT2D eigenvalue weighted by molar-refractivity contribution is 5.75. The highest BCUT2D eigenvalue weighted by Gasteiger charge is 2.23. The van der Waals surface area contributed by atoms with E-state index in [4.69, 9.17) is 4.74 Å². The normalized spacial score (nSPS) is 27.7. The molecule has 0 aliphatic heterocycles. The fraction of sp³-hybridized carbons (Fsp3) is 0.917. The summed E-state index contributed by atoms with van der Waals surface area (Å²) in [5.74, 6) is 1.47. The second-order valence-electron chi connectivity index (χ2n) is 4.68. The Hall–Kier alpha value is -0.570. The third-order valence-corrected chi connectivity index (χ3v) is 3.35. The number of carbonyl (C=O) groups excluding carboxylic acids is 1. The number of ether oxygens (including phenoxy) is 1. The van der Waals surface area contributed by atoms with E-state index in [1.165, 1.54) is 26.4 Å². The first-order valence-electron chi connectivity index (χ1n) is 5.98. The largest absolute Gasteiger partial charge is 0.468 e. The quantitative estimate of drug-likeness (QED) is 0.709. The molecule has 1 aliphatic rings. The lowest BCUT2D eigenvalue weighted by molar-refractivity contribution is -0.143. The smallest absolute Gasteiger partial charge is 0.322 e. The Morgan fingerprint density at radius 1 is 1.53 bits per heavy atom. The van der Waals surface area contributed by atoms with Crippen molar-refractivity contribution in [3.05, 3.63) is 0 Å². The second kappa shape index (κ2) is 6.11. The average molecular weight is 213 g/mol. The van der Waals surface area contributed by atoms with E-state index in [-0.39, 0.29) is 12.0 Å². The van der Waals surface area contributed by atoms with Gasteiger partial charge in [0.1, 0.15) is 6.04 Å². The van der Waals surface area contributed by atoms with Crippen LogP contribution in [0.4, 0.5) is 0 Å². The zero-order valence-corrected chi connectivity index (χ0v) is 10.1. The van der Waals surface area contributed by atoms with Crippen LogP contribution in [-0.2, 0) is 9.53 Å². The summed E-state index contributed by atoms with van der Waals surface area (Å²) in [7, 11) is 1.45. The molecule has 3 atom stereocenters. The maximum absolute atomic E-state index is 11.3. The van der Waals surface area contributed by atoms with Crippen molar-refractivity contribution in [3.63, 3.8) is 0 Å². The van der Waals surface area contributed by atoms with Gasteiger partial charge >= 0.3 is 5.97 Å². The molecule has 88 valence electrons. The van der Waals surface area contributed by atoms with Gasteiger partial charge in [-0.3, -0.25) is 4.79 Å². The Morgan fingerprint density at radius 2 is 2.27 bits per heavy atom. The third kappa shape index (κ3) is 3.82. The number of hydrogen-bond donors (Lipinski definition) is 1. The van der Waals surface area contributed by atoms with Gasteiger partial charge in [0.15, 0.2) is 0 Å². The highest BCUT2D eigenvalue weighted by Crippen LogP contribution is 2.29. The molecule has 1 rings (SSSR count). The number of nitrogens with one attached hydrogen (secondary N) is 1. The van der Waals surface area contributed by atoms with Crippen LogP contribution in [-0.4, -0.2) is 25.7 Å². The van der Waals surface area contributed by atoms with Gasteiger partial charge in [-0.25, -0.2) is 0 Å². The Labute approximate surface area is 92.6 Å². The summed E-state index contributed by atoms with van der Waals surface area (Å²) >= 11 is 0. The zero-order chi connectivity index (χ0) is 11.3. The molecule has 0 saturated heterocycles. The number of rotatable bonds is 5. The van der Waals surface area contributed by atoms with Gasteiger partial charge in [-0.05, 0) is 37.6 Å². The van der Waals surface area contributed by atoms with Crippen LogP contribution in [0.5, 0.6) is 0 Å². The van der Waals surface area contributed by atoms with E-state index < -0.39 is 0 Å². The Kier molecular flexibility index (Phi) is 5.09. The molecule has 3 heteroatoms. The minimum Gasteiger partial charge on any atom is -0.468 e. The van der Waals surface area contributed by atoms with Crippen LogP contribution in [0.1, 0.15) is 39.5 Å². The summed E-state index contributed by atoms with van der Waals surface area (Å²) in [6, 6.07) is -0.120. The van der Waals surface area contributed by atoms with E-state index in [1.807, 2.05) is 6.92 Å². The van der Waals surface area contributed by atoms with Crippen LogP contribution in [0.2, 0.25) is 0 Å². The molecule has 1 fully saturated rings. The van der Waals surface area contributed by atoms with Gasteiger partial charge < -0.3 is 10.1 Å². The summed E-state index contributed by atoms with van der Waals surface area (Å²) in [5, 5.41) is 3.31. The molecule has 1 saturated carbocycles. The predicted octanol–water partition coefficient (Wildman–Crippen LogP) is 1.96. The van der Waals surface area contributed by atoms with Crippen molar-refractivity contribution >= 4 is 5.97 Å². The molecule has 1 N–H and O–H groups in total. The van der Waals surface area contributed by atoms with Gasteiger partial charge in [-0.2, -0.15) is 0 Å². The van der Waals surface area contributed by atoms with Gasteiger partial charge in [0, 0.05) is 0 Å². The standard InChI is InChI=1S/C12H23NO2/c1-4-11(12(14)15-3)13-8-10-6-5-9(2)7-10/h9-11,13H,4-8H2,1-3H3. The van der Waals surface area contributed by atoms with Crippen molar-refractivity contribution in [2.24, 2.45) is 11.8 Å². The molecule has 0 spiro atoms. The van der Waals surface area contributed by atoms with Crippen LogP contribution in [0.25, 0.3) is 0 Å². The van der Waals surface area contributed by atoms with E-state index in [0.717, 1.165) is 24.8 Å². The van der Waals surface area contributed by atoms with Crippen LogP contribution in [0.15, 0.2) is 0 Å². The Morgan fingerprint density at radius 3 is 2.73 bits per heavy atom. The van der Waals surface area contributed by atoms with Crippen LogP contribution in [0, 0.1) is 11.8 Å². The monoisotopic (exact) mass is 213 g/mol. The van der Waals surface area contributed by atoms with Crippen molar-refractivity contribution in [1.29, 1.82) is 0 Å². The van der Waals surface area contributed by atoms with Crippen molar-refractivity contribution in [2.75, 3.05) is 13.7 Å². The first-order chi connectivity index (χ1) is 7.17. The van der Waals surface area contributed by atoms with Crippen molar-refractivity contribution in [3.8, 4) is 0 Å². The van der Waals surface area contributed by atoms with Crippen molar-refractivity contribution in [2.45, 2.75) is 45.6 Å². The fourth-order valence-electron chi connectivity index (χ4n) is 2.36. The highest BCUT2D eigenvalue weighted by atomic mass is 16.5. The van der Waals surface area contributed by atoms with Crippen LogP contribution >= 0.6 is 0 Å². The third-order valence-electron chi connectivity index (χ3n) is 3.35. The molecule has 0 aromatic carbocycles. The summed E-state index contributed by atoms with van der Waals surface area (Å²) in [6.45, 7) is 5.27. The molecule has 1 aliphatic carbocycles. The summed E-state index contributed by atoms with van der Waals surface area (Å²) in [6.07, 6.45) is 4.73. The molecule has 0 aromatic rings. The zero-order valence-electron chi connectivity index (χ0n) is 10.1. The molecule has 0 heterocycles. The molecular formula is C12H23NO2. The maximum atomic E-state index is 11.3. The van der Waals surface area contributed by atoms with Crippen molar-refractivity contribution in [1.82, 2.24) is 5.32 Å². The predicted molar refractivity (Wildman–Crippen MR) is 60.6 cm³/mol. The lowest BCUT2D eigenvalue weighted by atomic mass is 10.1. The van der Waals surface area contributed by atoms with Gasteiger partial charge in [-0.1, -0.05) is 20.3 Å². The second-order valence-corrected chi connectivity index (χ2v) is 4.68. The number of hydrogen-bond acceptors (Lipinski definition) is 3. The molecule has 3 nitrogen and oxygen atoms in total.